The van der Waals surface area contributed by atoms with Gasteiger partial charge in [-0.1, -0.05) is 6.07 Å². The van der Waals surface area contributed by atoms with E-state index in [1.54, 1.807) is 0 Å². The number of halogens is 5. The van der Waals surface area contributed by atoms with E-state index in [1.165, 1.54) is 12.1 Å². The number of alkyl halides is 3. The Hall–Kier alpha value is -3.45. The first kappa shape index (κ1) is 25.6. The van der Waals surface area contributed by atoms with Crippen LogP contribution >= 0.6 is 0 Å². The first-order chi connectivity index (χ1) is 17.0. The molecule has 1 aliphatic rings. The molecule has 2 heterocycles. The highest BCUT2D eigenvalue weighted by Crippen LogP contribution is 2.29. The Balaban J connectivity index is 1.47. The van der Waals surface area contributed by atoms with Crippen LogP contribution in [0.3, 0.4) is 0 Å². The van der Waals surface area contributed by atoms with Gasteiger partial charge >= 0.3 is 6.18 Å². The molecule has 1 fully saturated rings. The summed E-state index contributed by atoms with van der Waals surface area (Å²) in [5.41, 5.74) is -1.04. The van der Waals surface area contributed by atoms with E-state index in [4.69, 9.17) is 0 Å². The molecular weight excluding hydrogens is 507 g/mol. The molecule has 1 aliphatic heterocycles. The first-order valence-corrected chi connectivity index (χ1v) is 12.1. The Bertz CT molecular complexity index is 1360. The quantitative estimate of drug-likeness (QED) is 0.492. The van der Waals surface area contributed by atoms with Crippen LogP contribution < -0.4 is 5.32 Å². The molecule has 13 heteroatoms. The van der Waals surface area contributed by atoms with Crippen LogP contribution in [-0.4, -0.2) is 41.2 Å². The molecule has 7 nitrogen and oxygen atoms in total. The molecule has 2 aromatic carbocycles. The highest BCUT2D eigenvalue weighted by atomic mass is 32.2. The van der Waals surface area contributed by atoms with Crippen molar-refractivity contribution in [1.82, 2.24) is 19.6 Å². The monoisotopic (exact) mass is 526 g/mol. The van der Waals surface area contributed by atoms with Crippen molar-refractivity contribution in [3.05, 3.63) is 77.8 Å². The predicted molar refractivity (Wildman–Crippen MR) is 118 cm³/mol. The predicted octanol–water partition coefficient (Wildman–Crippen LogP) is 3.91. The molecule has 1 unspecified atom stereocenters. The molecule has 1 aromatic heterocycles. The molecule has 190 valence electrons. The van der Waals surface area contributed by atoms with E-state index in [-0.39, 0.29) is 35.7 Å². The van der Waals surface area contributed by atoms with Crippen LogP contribution in [0.15, 0.2) is 59.8 Å². The summed E-state index contributed by atoms with van der Waals surface area (Å²) in [5.74, 6) is -1.91. The number of nitrogens with one attached hydrogen (secondary N) is 1. The lowest BCUT2D eigenvalue weighted by atomic mass is 10.1. The molecule has 1 atom stereocenters. The van der Waals surface area contributed by atoms with E-state index in [2.05, 4.69) is 15.3 Å². The van der Waals surface area contributed by atoms with Gasteiger partial charge in [0, 0.05) is 18.7 Å². The van der Waals surface area contributed by atoms with E-state index in [0.29, 0.717) is 18.2 Å². The summed E-state index contributed by atoms with van der Waals surface area (Å²) >= 11 is 0. The second kappa shape index (κ2) is 9.90. The largest absolute Gasteiger partial charge is 0.434 e. The second-order valence-corrected chi connectivity index (χ2v) is 9.93. The topological polar surface area (TPSA) is 92.3 Å². The van der Waals surface area contributed by atoms with Crippen molar-refractivity contribution < 1.29 is 35.2 Å². The van der Waals surface area contributed by atoms with Gasteiger partial charge in [0.15, 0.2) is 5.69 Å². The molecule has 36 heavy (non-hydrogen) atoms. The average molecular weight is 526 g/mol. The molecule has 1 N–H and O–H groups in total. The van der Waals surface area contributed by atoms with Gasteiger partial charge in [-0.25, -0.2) is 22.2 Å². The fourth-order valence-electron chi connectivity index (χ4n) is 3.83. The van der Waals surface area contributed by atoms with E-state index < -0.39 is 45.5 Å². The lowest BCUT2D eigenvalue weighted by molar-refractivity contribution is -0.141. The van der Waals surface area contributed by atoms with Crippen LogP contribution in [-0.2, 0) is 27.5 Å². The van der Waals surface area contributed by atoms with Crippen molar-refractivity contribution in [1.29, 1.82) is 0 Å². The van der Waals surface area contributed by atoms with Gasteiger partial charge in [0.05, 0.1) is 23.0 Å². The number of rotatable bonds is 6. The van der Waals surface area contributed by atoms with Crippen molar-refractivity contribution >= 4 is 15.9 Å². The minimum atomic E-state index is -4.69. The van der Waals surface area contributed by atoms with Crippen molar-refractivity contribution in [3.8, 4) is 11.3 Å². The van der Waals surface area contributed by atoms with Crippen LogP contribution in [0, 0.1) is 11.6 Å². The highest BCUT2D eigenvalue weighted by molar-refractivity contribution is 7.89. The highest BCUT2D eigenvalue weighted by Gasteiger charge is 2.39. The Morgan fingerprint density at radius 1 is 1.06 bits per heavy atom. The minimum absolute atomic E-state index is 0.0961. The smallest absolute Gasteiger partial charge is 0.351 e. The number of benzene rings is 2. The summed E-state index contributed by atoms with van der Waals surface area (Å²) in [6.45, 7) is 0.0200. The molecule has 0 aliphatic carbocycles. The molecule has 0 bridgehead atoms. The number of carbonyl (C=O) groups is 1. The number of carbonyl (C=O) groups excluding carboxylic acids is 1. The third-order valence-corrected chi connectivity index (χ3v) is 7.56. The van der Waals surface area contributed by atoms with Crippen LogP contribution in [0.1, 0.15) is 24.1 Å². The second-order valence-electron chi connectivity index (χ2n) is 8.04. The summed E-state index contributed by atoms with van der Waals surface area (Å²) in [6, 6.07) is 7.07. The van der Waals surface area contributed by atoms with Gasteiger partial charge in [-0.15, -0.1) is 0 Å². The summed E-state index contributed by atoms with van der Waals surface area (Å²) in [6.07, 6.45) is -2.65. The Labute approximate surface area is 203 Å². The normalized spacial score (nSPS) is 16.8. The van der Waals surface area contributed by atoms with Gasteiger partial charge in [0.2, 0.25) is 15.9 Å². The fourth-order valence-corrected chi connectivity index (χ4v) is 5.49. The maximum atomic E-state index is 14.3. The maximum Gasteiger partial charge on any atom is 0.434 e. The van der Waals surface area contributed by atoms with Crippen LogP contribution in [0.25, 0.3) is 11.3 Å². The van der Waals surface area contributed by atoms with Crippen molar-refractivity contribution in [2.75, 3.05) is 6.54 Å². The van der Waals surface area contributed by atoms with Crippen molar-refractivity contribution in [2.45, 2.75) is 36.5 Å². The Kier molecular flexibility index (Phi) is 7.05. The number of hydrogen-bond acceptors (Lipinski definition) is 5. The number of amides is 1. The summed E-state index contributed by atoms with van der Waals surface area (Å²) in [4.78, 5) is 19.6. The molecule has 0 saturated carbocycles. The van der Waals surface area contributed by atoms with E-state index >= 15 is 0 Å². The third-order valence-electron chi connectivity index (χ3n) is 5.64. The number of nitrogens with zero attached hydrogens (tertiary/aromatic N) is 3. The van der Waals surface area contributed by atoms with Gasteiger partial charge in [-0.2, -0.15) is 17.5 Å². The zero-order valence-corrected chi connectivity index (χ0v) is 19.3. The molecule has 1 amide bonds. The van der Waals surface area contributed by atoms with Crippen LogP contribution in [0.2, 0.25) is 0 Å². The first-order valence-electron chi connectivity index (χ1n) is 10.7. The van der Waals surface area contributed by atoms with Gasteiger partial charge in [-0.3, -0.25) is 9.78 Å². The number of aromatic nitrogens is 2. The average Bonchev–Trinajstić information content (AvgIpc) is 3.34. The molecule has 0 spiro atoms. The SMILES string of the molecule is O=C(NCc1ccc(F)c(-c2cnc(C(F)(F)F)cn2)c1)C1CCCN1S(=O)(=O)c1ccc(F)cc1. The van der Waals surface area contributed by atoms with Gasteiger partial charge in [0.1, 0.15) is 17.7 Å². The maximum absolute atomic E-state index is 14.3. The molecular formula is C23H19F5N4O3S. The molecule has 0 radical (unpaired) electrons. The standard InChI is InChI=1S/C23H19F5N4O3S/c24-15-4-6-16(7-5-15)36(34,35)32-9-1-2-20(32)22(33)31-11-14-3-8-18(25)17(10-14)19-12-30-21(13-29-19)23(26,27)28/h3-8,10,12-13,20H,1-2,9,11H2,(H,31,33). The molecule has 1 saturated heterocycles. The van der Waals surface area contributed by atoms with E-state index in [0.717, 1.165) is 40.8 Å². The lowest BCUT2D eigenvalue weighted by Crippen LogP contribution is -2.45. The Morgan fingerprint density at radius 3 is 2.42 bits per heavy atom. The lowest BCUT2D eigenvalue weighted by Gasteiger charge is -2.23. The summed E-state index contributed by atoms with van der Waals surface area (Å²) in [7, 11) is -4.03. The summed E-state index contributed by atoms with van der Waals surface area (Å²) < 4.78 is 92.6. The zero-order chi connectivity index (χ0) is 26.1. The third kappa shape index (κ3) is 5.36. The van der Waals surface area contributed by atoms with Crippen molar-refractivity contribution in [2.24, 2.45) is 0 Å². The Morgan fingerprint density at radius 2 is 1.78 bits per heavy atom. The van der Waals surface area contributed by atoms with Crippen LogP contribution in [0.4, 0.5) is 22.0 Å². The summed E-state index contributed by atoms with van der Waals surface area (Å²) in [5, 5.41) is 2.62. The number of hydrogen-bond donors (Lipinski definition) is 1. The van der Waals surface area contributed by atoms with Gasteiger partial charge in [-0.05, 0) is 54.8 Å². The molecule has 4 rings (SSSR count). The fraction of sp³-hybridized carbons (Fsp3) is 0.261. The zero-order valence-electron chi connectivity index (χ0n) is 18.5. The van der Waals surface area contributed by atoms with Gasteiger partial charge in [0.25, 0.3) is 0 Å². The minimum Gasteiger partial charge on any atom is -0.351 e. The van der Waals surface area contributed by atoms with E-state index in [9.17, 15) is 35.2 Å². The number of sulfonamides is 1. The van der Waals surface area contributed by atoms with Crippen LogP contribution in [0.5, 0.6) is 0 Å². The van der Waals surface area contributed by atoms with E-state index in [1.807, 2.05) is 0 Å². The van der Waals surface area contributed by atoms with Gasteiger partial charge < -0.3 is 5.32 Å². The molecule has 3 aromatic rings. The van der Waals surface area contributed by atoms with Crippen molar-refractivity contribution in [3.63, 3.8) is 0 Å².